The smallest absolute Gasteiger partial charge is 0.378 e. The van der Waals surface area contributed by atoms with E-state index < -0.39 is 34.0 Å². The van der Waals surface area contributed by atoms with Crippen molar-refractivity contribution in [3.05, 3.63) is 65.2 Å². The Balaban J connectivity index is 1.57. The summed E-state index contributed by atoms with van der Waals surface area (Å²) in [4.78, 5) is 0. The molecule has 0 aliphatic carbocycles. The minimum absolute atomic E-state index is 0.00436. The van der Waals surface area contributed by atoms with Gasteiger partial charge in [-0.3, -0.25) is 0 Å². The zero-order valence-corrected chi connectivity index (χ0v) is 19.8. The highest BCUT2D eigenvalue weighted by Gasteiger charge is 2.43. The first-order valence-corrected chi connectivity index (χ1v) is 13.1. The van der Waals surface area contributed by atoms with Gasteiger partial charge in [-0.15, -0.1) is 0 Å². The largest absolute Gasteiger partial charge is 0.416 e. The van der Waals surface area contributed by atoms with Crippen LogP contribution >= 0.6 is 0 Å². The summed E-state index contributed by atoms with van der Waals surface area (Å²) >= 11 is 0. The number of benzene rings is 2. The second-order valence-corrected chi connectivity index (χ2v) is 10.8. The van der Waals surface area contributed by atoms with Crippen LogP contribution in [0.3, 0.4) is 0 Å². The molecule has 0 amide bonds. The Morgan fingerprint density at radius 3 is 2.59 bits per heavy atom. The van der Waals surface area contributed by atoms with Crippen molar-refractivity contribution in [2.45, 2.75) is 43.7 Å². The van der Waals surface area contributed by atoms with Gasteiger partial charge in [0.05, 0.1) is 29.6 Å². The van der Waals surface area contributed by atoms with Gasteiger partial charge in [-0.1, -0.05) is 30.3 Å². The third-order valence-electron chi connectivity index (χ3n) is 6.50. The Labute approximate surface area is 198 Å². The van der Waals surface area contributed by atoms with Crippen LogP contribution in [0.15, 0.2) is 48.5 Å². The standard InChI is InChI=1S/C24H30F3N3O3S/c1-28-12-5-13-34(31,32)29-15-18-9-10-19-22(16-6-3-2-4-7-16)30-21-11-8-17(24(25,26)27)14-20(21)23(19)33-18/h2-4,6-8,11,14,18-19,22-23,28-30H,5,9-10,12-13,15H2,1H3/t18-,19+,22+,23?/m1/s1. The van der Waals surface area contributed by atoms with Crippen molar-refractivity contribution in [1.82, 2.24) is 10.0 Å². The average Bonchev–Trinajstić information content (AvgIpc) is 2.82. The third kappa shape index (κ3) is 5.73. The number of nitrogens with one attached hydrogen (secondary N) is 3. The number of sulfonamides is 1. The number of halogens is 3. The van der Waals surface area contributed by atoms with Gasteiger partial charge in [0, 0.05) is 23.7 Å². The van der Waals surface area contributed by atoms with Crippen LogP contribution in [0.2, 0.25) is 0 Å². The van der Waals surface area contributed by atoms with Gasteiger partial charge in [-0.25, -0.2) is 13.1 Å². The molecule has 0 spiro atoms. The molecule has 34 heavy (non-hydrogen) atoms. The quantitative estimate of drug-likeness (QED) is 0.476. The topological polar surface area (TPSA) is 79.5 Å². The number of hydrogen-bond acceptors (Lipinski definition) is 5. The lowest BCUT2D eigenvalue weighted by Crippen LogP contribution is -2.43. The molecule has 186 valence electrons. The van der Waals surface area contributed by atoms with E-state index >= 15 is 0 Å². The summed E-state index contributed by atoms with van der Waals surface area (Å²) in [7, 11) is -1.69. The summed E-state index contributed by atoms with van der Waals surface area (Å²) < 4.78 is 73.8. The van der Waals surface area contributed by atoms with Gasteiger partial charge in [0.2, 0.25) is 10.0 Å². The summed E-state index contributed by atoms with van der Waals surface area (Å²) in [6.45, 7) is 0.694. The summed E-state index contributed by atoms with van der Waals surface area (Å²) in [6.07, 6.45) is -3.66. The summed E-state index contributed by atoms with van der Waals surface area (Å²) in [5.41, 5.74) is 1.39. The van der Waals surface area contributed by atoms with Crippen LogP contribution in [-0.4, -0.2) is 40.4 Å². The van der Waals surface area contributed by atoms with E-state index in [2.05, 4.69) is 15.4 Å². The van der Waals surface area contributed by atoms with Gasteiger partial charge >= 0.3 is 6.18 Å². The van der Waals surface area contributed by atoms with Gasteiger partial charge in [0.25, 0.3) is 0 Å². The van der Waals surface area contributed by atoms with Crippen molar-refractivity contribution in [2.24, 2.45) is 5.92 Å². The molecule has 2 aromatic rings. The molecule has 0 saturated carbocycles. The molecule has 1 unspecified atom stereocenters. The molecule has 2 heterocycles. The van der Waals surface area contributed by atoms with Crippen LogP contribution in [0.25, 0.3) is 0 Å². The number of ether oxygens (including phenoxy) is 1. The molecule has 2 aliphatic heterocycles. The lowest BCUT2D eigenvalue weighted by atomic mass is 9.76. The normalized spacial score (nSPS) is 24.7. The van der Waals surface area contributed by atoms with Crippen LogP contribution in [0.4, 0.5) is 18.9 Å². The predicted molar refractivity (Wildman–Crippen MR) is 125 cm³/mol. The van der Waals surface area contributed by atoms with Gasteiger partial charge < -0.3 is 15.4 Å². The van der Waals surface area contributed by atoms with E-state index in [1.807, 2.05) is 30.3 Å². The molecule has 2 aliphatic rings. The molecular weight excluding hydrogens is 467 g/mol. The summed E-state index contributed by atoms with van der Waals surface area (Å²) in [5, 5.41) is 6.34. The molecule has 0 bridgehead atoms. The Morgan fingerprint density at radius 2 is 1.88 bits per heavy atom. The predicted octanol–water partition coefficient (Wildman–Crippen LogP) is 4.24. The lowest BCUT2D eigenvalue weighted by molar-refractivity contribution is -0.138. The van der Waals surface area contributed by atoms with Crippen LogP contribution < -0.4 is 15.4 Å². The summed E-state index contributed by atoms with van der Waals surface area (Å²) in [6, 6.07) is 13.4. The van der Waals surface area contributed by atoms with E-state index in [0.29, 0.717) is 37.1 Å². The minimum atomic E-state index is -4.46. The zero-order chi connectivity index (χ0) is 24.3. The lowest BCUT2D eigenvalue weighted by Gasteiger charge is -2.46. The number of rotatable bonds is 8. The highest BCUT2D eigenvalue weighted by molar-refractivity contribution is 7.89. The molecule has 4 rings (SSSR count). The molecule has 10 heteroatoms. The third-order valence-corrected chi connectivity index (χ3v) is 7.94. The number of alkyl halides is 3. The molecule has 1 fully saturated rings. The van der Waals surface area contributed by atoms with Crippen LogP contribution in [0.1, 0.15) is 48.1 Å². The number of fused-ring (bicyclic) bond motifs is 3. The number of anilines is 1. The molecule has 3 N–H and O–H groups in total. The summed E-state index contributed by atoms with van der Waals surface area (Å²) in [5.74, 6) is -0.0772. The van der Waals surface area contributed by atoms with E-state index in [4.69, 9.17) is 4.74 Å². The second kappa shape index (κ2) is 10.2. The monoisotopic (exact) mass is 497 g/mol. The Hall–Kier alpha value is -2.14. The second-order valence-electron chi connectivity index (χ2n) is 8.88. The van der Waals surface area contributed by atoms with E-state index in [-0.39, 0.29) is 24.3 Å². The van der Waals surface area contributed by atoms with Crippen molar-refractivity contribution < 1.29 is 26.3 Å². The van der Waals surface area contributed by atoms with Gasteiger partial charge in [-0.2, -0.15) is 13.2 Å². The van der Waals surface area contributed by atoms with E-state index in [1.165, 1.54) is 6.07 Å². The molecule has 6 nitrogen and oxygen atoms in total. The van der Waals surface area contributed by atoms with Crippen LogP contribution in [-0.2, 0) is 20.9 Å². The zero-order valence-electron chi connectivity index (χ0n) is 18.9. The highest BCUT2D eigenvalue weighted by atomic mass is 32.2. The fourth-order valence-electron chi connectivity index (χ4n) is 4.80. The van der Waals surface area contributed by atoms with E-state index in [0.717, 1.165) is 17.7 Å². The van der Waals surface area contributed by atoms with Crippen molar-refractivity contribution in [2.75, 3.05) is 31.2 Å². The van der Waals surface area contributed by atoms with Gasteiger partial charge in [-0.05, 0) is 56.6 Å². The molecule has 2 aromatic carbocycles. The van der Waals surface area contributed by atoms with E-state index in [9.17, 15) is 21.6 Å². The number of hydrogen-bond donors (Lipinski definition) is 3. The molecule has 0 radical (unpaired) electrons. The molecule has 1 saturated heterocycles. The van der Waals surface area contributed by atoms with E-state index in [1.54, 1.807) is 7.05 Å². The maximum absolute atomic E-state index is 13.4. The van der Waals surface area contributed by atoms with Gasteiger partial charge in [0.1, 0.15) is 0 Å². The maximum atomic E-state index is 13.4. The van der Waals surface area contributed by atoms with Crippen molar-refractivity contribution >= 4 is 15.7 Å². The van der Waals surface area contributed by atoms with Crippen LogP contribution in [0.5, 0.6) is 0 Å². The van der Waals surface area contributed by atoms with Crippen molar-refractivity contribution in [3.63, 3.8) is 0 Å². The maximum Gasteiger partial charge on any atom is 0.416 e. The first kappa shape index (κ1) is 25.0. The Bertz CT molecular complexity index is 1080. The van der Waals surface area contributed by atoms with Crippen molar-refractivity contribution in [1.29, 1.82) is 0 Å². The van der Waals surface area contributed by atoms with Crippen LogP contribution in [0, 0.1) is 5.92 Å². The van der Waals surface area contributed by atoms with Gasteiger partial charge in [0.15, 0.2) is 0 Å². The first-order chi connectivity index (χ1) is 16.2. The molecule has 4 atom stereocenters. The highest BCUT2D eigenvalue weighted by Crippen LogP contribution is 2.51. The molecule has 0 aromatic heterocycles. The minimum Gasteiger partial charge on any atom is -0.378 e. The Morgan fingerprint density at radius 1 is 1.12 bits per heavy atom. The fraction of sp³-hybridized carbons (Fsp3) is 0.500. The Kier molecular flexibility index (Phi) is 7.51. The van der Waals surface area contributed by atoms with Crippen molar-refractivity contribution in [3.8, 4) is 0 Å². The average molecular weight is 498 g/mol. The SMILES string of the molecule is CNCCCS(=O)(=O)NC[C@H]1CC[C@@H]2C(O1)c1cc(C(F)(F)F)ccc1N[C@H]2c1ccccc1. The first-order valence-electron chi connectivity index (χ1n) is 11.5. The molecular formula is C24H30F3N3O3S. The fourth-order valence-corrected chi connectivity index (χ4v) is 5.91.